The number of benzene rings is 2. The topological polar surface area (TPSA) is 55.1 Å². The average Bonchev–Trinajstić information content (AvgIpc) is 2.45. The maximum atomic E-state index is 11.7. The lowest BCUT2D eigenvalue weighted by molar-refractivity contribution is -0.120. The lowest BCUT2D eigenvalue weighted by Crippen LogP contribution is -2.35. The van der Waals surface area contributed by atoms with Crippen molar-refractivity contribution < 1.29 is 4.79 Å². The normalized spacial score (nSPS) is 13.7. The van der Waals surface area contributed by atoms with Gasteiger partial charge in [-0.15, -0.1) is 0 Å². The predicted molar refractivity (Wildman–Crippen MR) is 81.4 cm³/mol. The second-order valence-corrected chi connectivity index (χ2v) is 5.06. The molecule has 4 heteroatoms. The average molecular weight is 289 g/mol. The van der Waals surface area contributed by atoms with Gasteiger partial charge in [-0.05, 0) is 24.1 Å². The Morgan fingerprint density at radius 2 is 1.70 bits per heavy atom. The zero-order chi connectivity index (χ0) is 14.5. The fourth-order valence-corrected chi connectivity index (χ4v) is 2.45. The number of rotatable bonds is 5. The van der Waals surface area contributed by atoms with Gasteiger partial charge in [0, 0.05) is 11.1 Å². The van der Waals surface area contributed by atoms with E-state index in [2.05, 4.69) is 5.32 Å². The zero-order valence-electron chi connectivity index (χ0n) is 11.2. The summed E-state index contributed by atoms with van der Waals surface area (Å²) in [5.74, 6) is -0.407. The SMILES string of the molecule is C[C@@H](N[C@H](C(N)=O)c1ccccc1)c1ccccc1Cl. The molecule has 104 valence electrons. The number of carbonyl (C=O) groups is 1. The number of carbonyl (C=O) groups excluding carboxylic acids is 1. The summed E-state index contributed by atoms with van der Waals surface area (Å²) in [4.78, 5) is 11.7. The molecule has 3 N–H and O–H groups in total. The van der Waals surface area contributed by atoms with E-state index in [1.165, 1.54) is 0 Å². The van der Waals surface area contributed by atoms with Gasteiger partial charge < -0.3 is 5.73 Å². The van der Waals surface area contributed by atoms with Gasteiger partial charge in [-0.2, -0.15) is 0 Å². The Bertz CT molecular complexity index is 586. The van der Waals surface area contributed by atoms with Crippen LogP contribution in [0.3, 0.4) is 0 Å². The molecule has 2 atom stereocenters. The summed E-state index contributed by atoms with van der Waals surface area (Å²) in [6.07, 6.45) is 0. The van der Waals surface area contributed by atoms with Gasteiger partial charge >= 0.3 is 0 Å². The van der Waals surface area contributed by atoms with Crippen LogP contribution in [0, 0.1) is 0 Å². The van der Waals surface area contributed by atoms with Crippen LogP contribution in [0.2, 0.25) is 5.02 Å². The van der Waals surface area contributed by atoms with E-state index in [0.717, 1.165) is 11.1 Å². The minimum absolute atomic E-state index is 0.0820. The van der Waals surface area contributed by atoms with Crippen molar-refractivity contribution in [3.63, 3.8) is 0 Å². The molecule has 2 aromatic carbocycles. The van der Waals surface area contributed by atoms with E-state index in [4.69, 9.17) is 17.3 Å². The molecule has 20 heavy (non-hydrogen) atoms. The highest BCUT2D eigenvalue weighted by Gasteiger charge is 2.21. The minimum atomic E-state index is -0.539. The molecule has 2 aromatic rings. The lowest BCUT2D eigenvalue weighted by Gasteiger charge is -2.22. The third-order valence-electron chi connectivity index (χ3n) is 3.21. The highest BCUT2D eigenvalue weighted by atomic mass is 35.5. The summed E-state index contributed by atoms with van der Waals surface area (Å²) in [5.41, 5.74) is 7.29. The molecule has 0 aliphatic carbocycles. The molecule has 0 fully saturated rings. The van der Waals surface area contributed by atoms with Crippen molar-refractivity contribution in [2.75, 3.05) is 0 Å². The molecule has 0 unspecified atom stereocenters. The first-order chi connectivity index (χ1) is 9.59. The number of halogens is 1. The van der Waals surface area contributed by atoms with Gasteiger partial charge in [0.15, 0.2) is 0 Å². The zero-order valence-corrected chi connectivity index (χ0v) is 12.0. The Balaban J connectivity index is 2.21. The molecule has 0 saturated heterocycles. The van der Waals surface area contributed by atoms with Crippen molar-refractivity contribution in [1.82, 2.24) is 5.32 Å². The second kappa shape index (κ2) is 6.55. The molecule has 0 radical (unpaired) electrons. The molecule has 3 nitrogen and oxygen atoms in total. The van der Waals surface area contributed by atoms with Crippen LogP contribution in [0.5, 0.6) is 0 Å². The molecule has 0 saturated carbocycles. The van der Waals surface area contributed by atoms with E-state index in [1.807, 2.05) is 61.5 Å². The Kier molecular flexibility index (Phi) is 4.77. The lowest BCUT2D eigenvalue weighted by atomic mass is 10.0. The number of hydrogen-bond donors (Lipinski definition) is 2. The van der Waals surface area contributed by atoms with Gasteiger partial charge in [-0.25, -0.2) is 0 Å². The van der Waals surface area contributed by atoms with Gasteiger partial charge in [-0.1, -0.05) is 60.1 Å². The van der Waals surface area contributed by atoms with Crippen molar-refractivity contribution in [3.05, 3.63) is 70.7 Å². The molecular formula is C16H17ClN2O. The monoisotopic (exact) mass is 288 g/mol. The standard InChI is InChI=1S/C16H17ClN2O/c1-11(13-9-5-6-10-14(13)17)19-15(16(18)20)12-7-3-2-4-8-12/h2-11,15,19H,1H3,(H2,18,20)/t11-,15+/m1/s1. The molecule has 0 spiro atoms. The number of nitrogens with two attached hydrogens (primary N) is 1. The number of nitrogens with one attached hydrogen (secondary N) is 1. The van der Waals surface area contributed by atoms with E-state index in [9.17, 15) is 4.79 Å². The van der Waals surface area contributed by atoms with Gasteiger partial charge in [-0.3, -0.25) is 10.1 Å². The minimum Gasteiger partial charge on any atom is -0.368 e. The predicted octanol–water partition coefficient (Wildman–Crippen LogP) is 3.22. The molecule has 0 aliphatic rings. The van der Waals surface area contributed by atoms with E-state index >= 15 is 0 Å². The summed E-state index contributed by atoms with van der Waals surface area (Å²) in [7, 11) is 0. The van der Waals surface area contributed by atoms with Crippen molar-refractivity contribution in [2.24, 2.45) is 5.73 Å². The smallest absolute Gasteiger partial charge is 0.239 e. The molecule has 0 heterocycles. The van der Waals surface area contributed by atoms with Crippen LogP contribution >= 0.6 is 11.6 Å². The molecule has 0 aliphatic heterocycles. The van der Waals surface area contributed by atoms with Crippen LogP contribution < -0.4 is 11.1 Å². The van der Waals surface area contributed by atoms with E-state index in [1.54, 1.807) is 0 Å². The molecule has 1 amide bonds. The largest absolute Gasteiger partial charge is 0.368 e. The highest BCUT2D eigenvalue weighted by Crippen LogP contribution is 2.25. The molecule has 0 aromatic heterocycles. The fourth-order valence-electron chi connectivity index (χ4n) is 2.15. The summed E-state index contributed by atoms with van der Waals surface area (Å²) in [6, 6.07) is 16.4. The third-order valence-corrected chi connectivity index (χ3v) is 3.55. The first kappa shape index (κ1) is 14.6. The van der Waals surface area contributed by atoms with Crippen LogP contribution in [0.4, 0.5) is 0 Å². The number of primary amides is 1. The highest BCUT2D eigenvalue weighted by molar-refractivity contribution is 6.31. The fraction of sp³-hybridized carbons (Fsp3) is 0.188. The Labute approximate surface area is 123 Å². The van der Waals surface area contributed by atoms with Crippen LogP contribution in [0.25, 0.3) is 0 Å². The molecular weight excluding hydrogens is 272 g/mol. The van der Waals surface area contributed by atoms with E-state index in [-0.39, 0.29) is 6.04 Å². The summed E-state index contributed by atoms with van der Waals surface area (Å²) >= 11 is 6.17. The van der Waals surface area contributed by atoms with Crippen molar-refractivity contribution >= 4 is 17.5 Å². The van der Waals surface area contributed by atoms with Gasteiger partial charge in [0.1, 0.15) is 6.04 Å². The van der Waals surface area contributed by atoms with Crippen molar-refractivity contribution in [1.29, 1.82) is 0 Å². The third kappa shape index (κ3) is 3.38. The van der Waals surface area contributed by atoms with Crippen LogP contribution in [-0.4, -0.2) is 5.91 Å². The van der Waals surface area contributed by atoms with Gasteiger partial charge in [0.2, 0.25) is 5.91 Å². The molecule has 2 rings (SSSR count). The maximum absolute atomic E-state index is 11.7. The first-order valence-corrected chi connectivity index (χ1v) is 6.82. The van der Waals surface area contributed by atoms with Gasteiger partial charge in [0.25, 0.3) is 0 Å². The Hall–Kier alpha value is -1.84. The quantitative estimate of drug-likeness (QED) is 0.887. The van der Waals surface area contributed by atoms with E-state index in [0.29, 0.717) is 5.02 Å². The first-order valence-electron chi connectivity index (χ1n) is 6.44. The number of amides is 1. The van der Waals surface area contributed by atoms with Gasteiger partial charge in [0.05, 0.1) is 0 Å². The summed E-state index contributed by atoms with van der Waals surface area (Å²) in [6.45, 7) is 1.96. The van der Waals surface area contributed by atoms with Crippen LogP contribution in [0.1, 0.15) is 30.1 Å². The van der Waals surface area contributed by atoms with E-state index < -0.39 is 11.9 Å². The molecule has 0 bridgehead atoms. The van der Waals surface area contributed by atoms with Crippen LogP contribution in [-0.2, 0) is 4.79 Å². The van der Waals surface area contributed by atoms with Crippen molar-refractivity contribution in [3.8, 4) is 0 Å². The Morgan fingerprint density at radius 3 is 2.30 bits per heavy atom. The summed E-state index contributed by atoms with van der Waals surface area (Å²) < 4.78 is 0. The Morgan fingerprint density at radius 1 is 1.10 bits per heavy atom. The maximum Gasteiger partial charge on any atom is 0.239 e. The van der Waals surface area contributed by atoms with Crippen molar-refractivity contribution in [2.45, 2.75) is 19.0 Å². The second-order valence-electron chi connectivity index (χ2n) is 4.66. The van der Waals surface area contributed by atoms with Crippen LogP contribution in [0.15, 0.2) is 54.6 Å². The summed E-state index contributed by atoms with van der Waals surface area (Å²) in [5, 5.41) is 3.90. The number of hydrogen-bond acceptors (Lipinski definition) is 2.